The van der Waals surface area contributed by atoms with Crippen LogP contribution in [0.2, 0.25) is 0 Å². The van der Waals surface area contributed by atoms with Crippen molar-refractivity contribution in [1.29, 1.82) is 0 Å². The Morgan fingerprint density at radius 1 is 1.53 bits per heavy atom. The number of aromatic nitrogens is 3. The molecule has 1 heterocycles. The van der Waals surface area contributed by atoms with Crippen LogP contribution in [-0.2, 0) is 13.6 Å². The average molecular weight is 210 g/mol. The third kappa shape index (κ3) is 2.93. The molecule has 6 heteroatoms. The predicted octanol–water partition coefficient (Wildman–Crippen LogP) is -0.0284. The van der Waals surface area contributed by atoms with Crippen LogP contribution in [-0.4, -0.2) is 38.9 Å². The van der Waals surface area contributed by atoms with Gasteiger partial charge in [0.1, 0.15) is 0 Å². The molecule has 0 bridgehead atoms. The first-order valence-electron chi connectivity index (χ1n) is 5.07. The zero-order valence-electron chi connectivity index (χ0n) is 9.51. The summed E-state index contributed by atoms with van der Waals surface area (Å²) in [5.74, 6) is 0.571. The first-order chi connectivity index (χ1) is 7.19. The molecule has 0 spiro atoms. The van der Waals surface area contributed by atoms with Crippen LogP contribution in [0.25, 0.3) is 0 Å². The summed E-state index contributed by atoms with van der Waals surface area (Å²) in [7, 11) is 1.84. The molecule has 0 amide bonds. The first kappa shape index (κ1) is 11.5. The Morgan fingerprint density at radius 3 is 2.67 bits per heavy atom. The molecule has 1 aromatic rings. The van der Waals surface area contributed by atoms with E-state index in [-0.39, 0.29) is 0 Å². The summed E-state index contributed by atoms with van der Waals surface area (Å²) < 4.78 is 1.69. The van der Waals surface area contributed by atoms with E-state index in [9.17, 15) is 0 Å². The second-order valence-electron chi connectivity index (χ2n) is 3.20. The van der Waals surface area contributed by atoms with E-state index in [1.54, 1.807) is 10.9 Å². The number of nitrogens with two attached hydrogens (primary N) is 1. The topological polar surface area (TPSA) is 72.3 Å². The summed E-state index contributed by atoms with van der Waals surface area (Å²) in [5.41, 5.74) is 6.78. The molecule has 0 unspecified atom stereocenters. The minimum Gasteiger partial charge on any atom is -0.370 e. The summed E-state index contributed by atoms with van der Waals surface area (Å²) in [6.45, 7) is 6.37. The maximum absolute atomic E-state index is 5.83. The van der Waals surface area contributed by atoms with Crippen LogP contribution < -0.4 is 5.73 Å². The van der Waals surface area contributed by atoms with Gasteiger partial charge < -0.3 is 10.6 Å². The maximum Gasteiger partial charge on any atom is 0.191 e. The van der Waals surface area contributed by atoms with Crippen molar-refractivity contribution in [3.63, 3.8) is 0 Å². The zero-order valence-corrected chi connectivity index (χ0v) is 9.51. The summed E-state index contributed by atoms with van der Waals surface area (Å²) in [5, 5.41) is 7.60. The zero-order chi connectivity index (χ0) is 11.3. The van der Waals surface area contributed by atoms with Crippen LogP contribution in [0.4, 0.5) is 0 Å². The fraction of sp³-hybridized carbons (Fsp3) is 0.667. The highest BCUT2D eigenvalue weighted by Crippen LogP contribution is 1.97. The molecule has 0 fully saturated rings. The van der Waals surface area contributed by atoms with E-state index in [4.69, 9.17) is 5.73 Å². The third-order valence-corrected chi connectivity index (χ3v) is 2.30. The van der Waals surface area contributed by atoms with Crippen molar-refractivity contribution in [2.24, 2.45) is 17.8 Å². The molecule has 1 rings (SSSR count). The number of hydrogen-bond acceptors (Lipinski definition) is 3. The Bertz CT molecular complexity index is 325. The molecule has 0 atom stereocenters. The summed E-state index contributed by atoms with van der Waals surface area (Å²) in [4.78, 5) is 6.29. The standard InChI is InChI=1S/C9H18N6/c1-4-15(5-2)9(10)11-6-8-7-12-13-14(8)3/h7H,4-6H2,1-3H3,(H2,10,11). The highest BCUT2D eigenvalue weighted by atomic mass is 15.4. The Hall–Kier alpha value is -1.59. The molecule has 0 saturated carbocycles. The molecule has 84 valence electrons. The fourth-order valence-electron chi connectivity index (χ4n) is 1.26. The summed E-state index contributed by atoms with van der Waals surface area (Å²) in [6, 6.07) is 0. The molecule has 2 N–H and O–H groups in total. The Morgan fingerprint density at radius 2 is 2.20 bits per heavy atom. The van der Waals surface area contributed by atoms with Gasteiger partial charge in [0, 0.05) is 20.1 Å². The van der Waals surface area contributed by atoms with E-state index in [0.717, 1.165) is 18.8 Å². The van der Waals surface area contributed by atoms with Crippen molar-refractivity contribution in [3.8, 4) is 0 Å². The fourth-order valence-corrected chi connectivity index (χ4v) is 1.26. The quantitative estimate of drug-likeness (QED) is 0.559. The molecule has 0 aliphatic carbocycles. The Labute approximate surface area is 89.8 Å². The molecule has 15 heavy (non-hydrogen) atoms. The number of guanidine groups is 1. The SMILES string of the molecule is CCN(CC)C(N)=NCc1cnnn1C. The first-order valence-corrected chi connectivity index (χ1v) is 5.07. The predicted molar refractivity (Wildman–Crippen MR) is 59.3 cm³/mol. The smallest absolute Gasteiger partial charge is 0.191 e. The molecule has 0 saturated heterocycles. The lowest BCUT2D eigenvalue weighted by Crippen LogP contribution is -2.37. The van der Waals surface area contributed by atoms with Crippen molar-refractivity contribution < 1.29 is 0 Å². The third-order valence-electron chi connectivity index (χ3n) is 2.30. The molecule has 0 aromatic carbocycles. The van der Waals surface area contributed by atoms with Gasteiger partial charge in [-0.2, -0.15) is 0 Å². The highest BCUT2D eigenvalue weighted by Gasteiger charge is 2.03. The monoisotopic (exact) mass is 210 g/mol. The van der Waals surface area contributed by atoms with E-state index in [1.807, 2.05) is 11.9 Å². The average Bonchev–Trinajstić information content (AvgIpc) is 2.63. The van der Waals surface area contributed by atoms with Crippen LogP contribution in [0.5, 0.6) is 0 Å². The van der Waals surface area contributed by atoms with Crippen molar-refractivity contribution in [3.05, 3.63) is 11.9 Å². The number of hydrogen-bond donors (Lipinski definition) is 1. The normalized spacial score (nSPS) is 11.8. The molecule has 6 nitrogen and oxygen atoms in total. The van der Waals surface area contributed by atoms with Crippen molar-refractivity contribution >= 4 is 5.96 Å². The highest BCUT2D eigenvalue weighted by molar-refractivity contribution is 5.77. The van der Waals surface area contributed by atoms with Gasteiger partial charge in [-0.1, -0.05) is 5.21 Å². The lowest BCUT2D eigenvalue weighted by atomic mass is 10.5. The second kappa shape index (κ2) is 5.33. The second-order valence-corrected chi connectivity index (χ2v) is 3.20. The largest absolute Gasteiger partial charge is 0.370 e. The van der Waals surface area contributed by atoms with Gasteiger partial charge in [-0.3, -0.25) is 4.68 Å². The Balaban J connectivity index is 2.61. The molecule has 1 aromatic heterocycles. The van der Waals surface area contributed by atoms with Crippen LogP contribution in [0.1, 0.15) is 19.5 Å². The van der Waals surface area contributed by atoms with Gasteiger partial charge in [-0.05, 0) is 13.8 Å². The van der Waals surface area contributed by atoms with Crippen LogP contribution >= 0.6 is 0 Å². The van der Waals surface area contributed by atoms with Crippen molar-refractivity contribution in [2.45, 2.75) is 20.4 Å². The minimum absolute atomic E-state index is 0.520. The molecule has 0 aliphatic rings. The molecular weight excluding hydrogens is 192 g/mol. The van der Waals surface area contributed by atoms with Gasteiger partial charge in [0.15, 0.2) is 5.96 Å². The van der Waals surface area contributed by atoms with Gasteiger partial charge in [0.2, 0.25) is 0 Å². The van der Waals surface area contributed by atoms with Gasteiger partial charge >= 0.3 is 0 Å². The molecule has 0 aliphatic heterocycles. The van der Waals surface area contributed by atoms with Crippen molar-refractivity contribution in [1.82, 2.24) is 19.9 Å². The van der Waals surface area contributed by atoms with E-state index in [1.165, 1.54) is 0 Å². The van der Waals surface area contributed by atoms with E-state index < -0.39 is 0 Å². The minimum atomic E-state index is 0.520. The number of rotatable bonds is 4. The van der Waals surface area contributed by atoms with E-state index >= 15 is 0 Å². The lowest BCUT2D eigenvalue weighted by molar-refractivity contribution is 0.457. The Kier molecular flexibility index (Phi) is 4.08. The molecular formula is C9H18N6. The van der Waals surface area contributed by atoms with Gasteiger partial charge in [0.25, 0.3) is 0 Å². The number of nitrogens with zero attached hydrogens (tertiary/aromatic N) is 5. The van der Waals surface area contributed by atoms with E-state index in [2.05, 4.69) is 29.2 Å². The maximum atomic E-state index is 5.83. The summed E-state index contributed by atoms with van der Waals surface area (Å²) in [6.07, 6.45) is 1.69. The van der Waals surface area contributed by atoms with Crippen molar-refractivity contribution in [2.75, 3.05) is 13.1 Å². The molecule has 0 radical (unpaired) electrons. The van der Waals surface area contributed by atoms with Gasteiger partial charge in [-0.25, -0.2) is 4.99 Å². The number of aryl methyl sites for hydroxylation is 1. The van der Waals surface area contributed by atoms with Gasteiger partial charge in [-0.15, -0.1) is 5.10 Å². The van der Waals surface area contributed by atoms with Crippen LogP contribution in [0.15, 0.2) is 11.2 Å². The van der Waals surface area contributed by atoms with Crippen LogP contribution in [0.3, 0.4) is 0 Å². The van der Waals surface area contributed by atoms with Crippen LogP contribution in [0, 0.1) is 0 Å². The van der Waals surface area contributed by atoms with E-state index in [0.29, 0.717) is 12.5 Å². The summed E-state index contributed by atoms with van der Waals surface area (Å²) >= 11 is 0. The number of aliphatic imine (C=N–C) groups is 1. The lowest BCUT2D eigenvalue weighted by Gasteiger charge is -2.19. The van der Waals surface area contributed by atoms with Gasteiger partial charge in [0.05, 0.1) is 18.4 Å².